The van der Waals surface area contributed by atoms with Gasteiger partial charge in [-0.15, -0.1) is 0 Å². The van der Waals surface area contributed by atoms with Crippen LogP contribution in [0.3, 0.4) is 0 Å². The molecular formula is C16H26N2O. The molecule has 2 atom stereocenters. The molecule has 1 fully saturated rings. The smallest absolute Gasteiger partial charge is 0.121 e. The molecule has 19 heavy (non-hydrogen) atoms. The molecule has 1 aliphatic rings. The van der Waals surface area contributed by atoms with Crippen molar-refractivity contribution in [3.05, 3.63) is 24.3 Å². The number of anilines is 1. The van der Waals surface area contributed by atoms with Gasteiger partial charge in [0.25, 0.3) is 0 Å². The second kappa shape index (κ2) is 7.39. The van der Waals surface area contributed by atoms with Gasteiger partial charge in [0.05, 0.1) is 6.10 Å². The predicted molar refractivity (Wildman–Crippen MR) is 81.0 cm³/mol. The molecule has 2 rings (SSSR count). The summed E-state index contributed by atoms with van der Waals surface area (Å²) in [5.74, 6) is 0.955. The number of benzene rings is 1. The number of rotatable bonds is 6. The maximum atomic E-state index is 5.84. The van der Waals surface area contributed by atoms with Gasteiger partial charge in [0.2, 0.25) is 0 Å². The molecule has 3 heteroatoms. The molecule has 0 spiro atoms. The van der Waals surface area contributed by atoms with Gasteiger partial charge in [-0.25, -0.2) is 0 Å². The van der Waals surface area contributed by atoms with Crippen LogP contribution in [-0.2, 0) is 0 Å². The van der Waals surface area contributed by atoms with Crippen LogP contribution >= 0.6 is 0 Å². The van der Waals surface area contributed by atoms with Crippen molar-refractivity contribution in [3.8, 4) is 5.75 Å². The summed E-state index contributed by atoms with van der Waals surface area (Å²) in [7, 11) is 0. The molecule has 0 aromatic heterocycles. The van der Waals surface area contributed by atoms with E-state index in [0.717, 1.165) is 30.9 Å². The summed E-state index contributed by atoms with van der Waals surface area (Å²) in [5.41, 5.74) is 1.15. The monoisotopic (exact) mass is 262 g/mol. The van der Waals surface area contributed by atoms with Crippen molar-refractivity contribution in [3.63, 3.8) is 0 Å². The largest absolute Gasteiger partial charge is 0.491 e. The molecule has 3 nitrogen and oxygen atoms in total. The van der Waals surface area contributed by atoms with Gasteiger partial charge < -0.3 is 15.4 Å². The van der Waals surface area contributed by atoms with Crippen molar-refractivity contribution < 1.29 is 4.74 Å². The zero-order valence-corrected chi connectivity index (χ0v) is 12.1. The fourth-order valence-electron chi connectivity index (χ4n) is 2.33. The second-order valence-electron chi connectivity index (χ2n) is 5.39. The molecule has 1 aliphatic heterocycles. The summed E-state index contributed by atoms with van der Waals surface area (Å²) >= 11 is 0. The Balaban J connectivity index is 1.84. The third kappa shape index (κ3) is 4.75. The predicted octanol–water partition coefficient (Wildman–Crippen LogP) is 3.42. The lowest BCUT2D eigenvalue weighted by Gasteiger charge is -2.24. The van der Waals surface area contributed by atoms with Gasteiger partial charge in [0.15, 0.2) is 0 Å². The lowest BCUT2D eigenvalue weighted by atomic mass is 10.1. The van der Waals surface area contributed by atoms with Crippen molar-refractivity contribution in [2.45, 2.75) is 51.7 Å². The number of piperidine rings is 1. The summed E-state index contributed by atoms with van der Waals surface area (Å²) in [4.78, 5) is 0. The van der Waals surface area contributed by atoms with Crippen molar-refractivity contribution in [2.75, 3.05) is 18.4 Å². The maximum Gasteiger partial charge on any atom is 0.121 e. The molecule has 0 aliphatic carbocycles. The van der Waals surface area contributed by atoms with Crippen LogP contribution in [0.15, 0.2) is 24.3 Å². The van der Waals surface area contributed by atoms with Crippen LogP contribution in [0.25, 0.3) is 0 Å². The molecule has 2 N–H and O–H groups in total. The first-order valence-electron chi connectivity index (χ1n) is 7.52. The van der Waals surface area contributed by atoms with Crippen LogP contribution in [0, 0.1) is 0 Å². The minimum atomic E-state index is 0.273. The fourth-order valence-corrected chi connectivity index (χ4v) is 2.33. The normalized spacial score (nSPS) is 20.8. The Morgan fingerprint density at radius 1 is 1.42 bits per heavy atom. The van der Waals surface area contributed by atoms with Gasteiger partial charge in [0.1, 0.15) is 5.75 Å². The van der Waals surface area contributed by atoms with E-state index in [1.165, 1.54) is 19.3 Å². The van der Waals surface area contributed by atoms with Gasteiger partial charge >= 0.3 is 0 Å². The Morgan fingerprint density at radius 2 is 2.32 bits per heavy atom. The molecule has 0 amide bonds. The molecule has 1 aromatic carbocycles. The SMILES string of the molecule is CCC(C)Oc1cccc(NCC2CCCCN2)c1. The quantitative estimate of drug-likeness (QED) is 0.824. The molecule has 1 aromatic rings. The molecule has 0 saturated carbocycles. The van der Waals surface area contributed by atoms with Crippen LogP contribution in [0.4, 0.5) is 5.69 Å². The average Bonchev–Trinajstić information content (AvgIpc) is 2.46. The fraction of sp³-hybridized carbons (Fsp3) is 0.625. The van der Waals surface area contributed by atoms with Crippen LogP contribution in [0.1, 0.15) is 39.5 Å². The van der Waals surface area contributed by atoms with Crippen molar-refractivity contribution in [1.29, 1.82) is 0 Å². The summed E-state index contributed by atoms with van der Waals surface area (Å²) in [6, 6.07) is 8.87. The van der Waals surface area contributed by atoms with Crippen molar-refractivity contribution in [1.82, 2.24) is 5.32 Å². The van der Waals surface area contributed by atoms with Crippen molar-refractivity contribution >= 4 is 5.69 Å². The van der Waals surface area contributed by atoms with Crippen LogP contribution in [0.2, 0.25) is 0 Å². The minimum absolute atomic E-state index is 0.273. The Labute approximate surface area is 116 Å². The molecule has 0 bridgehead atoms. The average molecular weight is 262 g/mol. The Hall–Kier alpha value is -1.22. The zero-order valence-electron chi connectivity index (χ0n) is 12.1. The van der Waals surface area contributed by atoms with Gasteiger partial charge in [0, 0.05) is 24.3 Å². The molecule has 0 radical (unpaired) electrons. The van der Waals surface area contributed by atoms with E-state index in [9.17, 15) is 0 Å². The van der Waals surface area contributed by atoms with Crippen LogP contribution in [0.5, 0.6) is 5.75 Å². The lowest BCUT2D eigenvalue weighted by molar-refractivity contribution is 0.217. The molecule has 106 valence electrons. The summed E-state index contributed by atoms with van der Waals surface area (Å²) in [6.07, 6.45) is 5.24. The van der Waals surface area contributed by atoms with E-state index in [0.29, 0.717) is 6.04 Å². The molecule has 1 heterocycles. The first kappa shape index (κ1) is 14.2. The zero-order chi connectivity index (χ0) is 13.5. The summed E-state index contributed by atoms with van der Waals surface area (Å²) < 4.78 is 5.84. The molecule has 1 saturated heterocycles. The van der Waals surface area contributed by atoms with E-state index in [2.05, 4.69) is 36.6 Å². The highest BCUT2D eigenvalue weighted by molar-refractivity contribution is 5.48. The Kier molecular flexibility index (Phi) is 5.52. The number of hydrogen-bond donors (Lipinski definition) is 2. The van der Waals surface area contributed by atoms with Gasteiger partial charge in [-0.05, 0) is 44.9 Å². The lowest BCUT2D eigenvalue weighted by Crippen LogP contribution is -2.39. The van der Waals surface area contributed by atoms with E-state index in [-0.39, 0.29) is 6.10 Å². The Morgan fingerprint density at radius 3 is 3.05 bits per heavy atom. The third-order valence-corrected chi connectivity index (χ3v) is 3.71. The highest BCUT2D eigenvalue weighted by atomic mass is 16.5. The van der Waals surface area contributed by atoms with Crippen LogP contribution < -0.4 is 15.4 Å². The molecular weight excluding hydrogens is 236 g/mol. The Bertz CT molecular complexity index is 375. The summed E-state index contributed by atoms with van der Waals surface area (Å²) in [5, 5.41) is 7.06. The van der Waals surface area contributed by atoms with E-state index < -0.39 is 0 Å². The van der Waals surface area contributed by atoms with E-state index in [4.69, 9.17) is 4.74 Å². The first-order chi connectivity index (χ1) is 9.28. The maximum absolute atomic E-state index is 5.84. The molecule has 2 unspecified atom stereocenters. The number of hydrogen-bond acceptors (Lipinski definition) is 3. The van der Waals surface area contributed by atoms with Crippen LogP contribution in [-0.4, -0.2) is 25.2 Å². The second-order valence-corrected chi connectivity index (χ2v) is 5.39. The van der Waals surface area contributed by atoms with Crippen molar-refractivity contribution in [2.24, 2.45) is 0 Å². The minimum Gasteiger partial charge on any atom is -0.491 e. The topological polar surface area (TPSA) is 33.3 Å². The van der Waals surface area contributed by atoms with Gasteiger partial charge in [-0.2, -0.15) is 0 Å². The number of nitrogens with one attached hydrogen (secondary N) is 2. The standard InChI is InChI=1S/C16H26N2O/c1-3-13(2)19-16-9-6-8-14(11-16)18-12-15-7-4-5-10-17-15/h6,8-9,11,13,15,17-18H,3-5,7,10,12H2,1-2H3. The van der Waals surface area contributed by atoms with E-state index in [1.807, 2.05) is 12.1 Å². The van der Waals surface area contributed by atoms with Gasteiger partial charge in [-0.3, -0.25) is 0 Å². The van der Waals surface area contributed by atoms with E-state index in [1.54, 1.807) is 0 Å². The highest BCUT2D eigenvalue weighted by Gasteiger charge is 2.11. The van der Waals surface area contributed by atoms with Gasteiger partial charge in [-0.1, -0.05) is 19.4 Å². The third-order valence-electron chi connectivity index (χ3n) is 3.71. The first-order valence-corrected chi connectivity index (χ1v) is 7.52. The van der Waals surface area contributed by atoms with E-state index >= 15 is 0 Å². The highest BCUT2D eigenvalue weighted by Crippen LogP contribution is 2.19. The summed E-state index contributed by atoms with van der Waals surface area (Å²) in [6.45, 7) is 6.39. The number of ether oxygens (including phenoxy) is 1.